The average molecular weight is 1950 g/mol. The number of aliphatic hydroxyl groups is 4. The monoisotopic (exact) mass is 1950 g/mol. The van der Waals surface area contributed by atoms with Crippen LogP contribution in [0.1, 0.15) is 138 Å². The van der Waals surface area contributed by atoms with E-state index in [9.17, 15) is 73.5 Å². The first-order valence-electron chi connectivity index (χ1n) is 47.3. The van der Waals surface area contributed by atoms with E-state index in [1.54, 1.807) is 30.8 Å². The molecule has 41 heteroatoms. The van der Waals surface area contributed by atoms with Crippen molar-refractivity contribution in [2.75, 3.05) is 190 Å². The normalized spacial score (nSPS) is 19.0. The molecule has 7 amide bonds. The number of nitrogens with one attached hydrogen (secondary N) is 5. The predicted octanol–water partition coefficient (Wildman–Crippen LogP) is 4.17. The molecule has 6 aliphatic rings. The van der Waals surface area contributed by atoms with Crippen LogP contribution in [0.5, 0.6) is 5.75 Å². The number of alkyl carbamates (subject to hydrolysis) is 1. The van der Waals surface area contributed by atoms with E-state index in [1.807, 2.05) is 60.7 Å². The van der Waals surface area contributed by atoms with Gasteiger partial charge < -0.3 is 142 Å². The highest BCUT2D eigenvalue weighted by molar-refractivity contribution is 5.98. The maximum absolute atomic E-state index is 15.8. The number of aryl methyl sites for hydroxylation is 1. The van der Waals surface area contributed by atoms with Crippen LogP contribution in [0.25, 0.3) is 34.4 Å². The molecule has 0 unspecified atom stereocenters. The second-order valence-corrected chi connectivity index (χ2v) is 34.0. The number of carboxylic acid groups (broad SMARTS) is 1. The lowest BCUT2D eigenvalue weighted by Crippen LogP contribution is -2.61. The van der Waals surface area contributed by atoms with Crippen molar-refractivity contribution in [3.8, 4) is 17.1 Å². The van der Waals surface area contributed by atoms with Crippen molar-refractivity contribution in [2.24, 2.45) is 5.92 Å². The van der Waals surface area contributed by atoms with Gasteiger partial charge in [0.25, 0.3) is 5.56 Å². The van der Waals surface area contributed by atoms with Crippen molar-refractivity contribution in [1.82, 2.24) is 41.0 Å². The Morgan fingerprint density at radius 2 is 1.19 bits per heavy atom. The number of para-hydroxylation sites is 1. The molecule has 0 radical (unpaired) electrons. The van der Waals surface area contributed by atoms with E-state index >= 15 is 4.39 Å². The maximum atomic E-state index is 15.8. The summed E-state index contributed by atoms with van der Waals surface area (Å²) in [6.45, 7) is 11.0. The van der Waals surface area contributed by atoms with Gasteiger partial charge in [-0.2, -0.15) is 0 Å². The lowest BCUT2D eigenvalue weighted by atomic mass is 9.81. The number of likely N-dealkylation sites (tertiary alicyclic amines) is 1. The zero-order valence-corrected chi connectivity index (χ0v) is 78.7. The van der Waals surface area contributed by atoms with Gasteiger partial charge in [0, 0.05) is 99.6 Å². The number of aliphatic carboxylic acids is 1. The van der Waals surface area contributed by atoms with Crippen LogP contribution < -0.4 is 41.8 Å². The van der Waals surface area contributed by atoms with Gasteiger partial charge in [0.2, 0.25) is 41.7 Å². The summed E-state index contributed by atoms with van der Waals surface area (Å²) in [5.74, 6) is -6.58. The summed E-state index contributed by atoms with van der Waals surface area (Å²) in [7, 11) is 1.62. The molecule has 1 aliphatic carbocycles. The van der Waals surface area contributed by atoms with Gasteiger partial charge in [-0.05, 0) is 115 Å². The van der Waals surface area contributed by atoms with Crippen molar-refractivity contribution >= 4 is 82.2 Å². The van der Waals surface area contributed by atoms with Gasteiger partial charge in [-0.25, -0.2) is 23.8 Å². The smallest absolute Gasteiger partial charge is 0.407 e. The van der Waals surface area contributed by atoms with Crippen LogP contribution in [0.2, 0.25) is 0 Å². The molecule has 4 aromatic carbocycles. The van der Waals surface area contributed by atoms with Gasteiger partial charge >= 0.3 is 18.0 Å². The standard InChI is InChI=1S/C98H128FN9O31/c1-4-98(123)72-54-78-86-70(59-108(78)93(118)71(72)61-136-96(98)121)85-74(21-20-69-62(2)73(99)55-75(103-86)84(69)85)105-97(122)137-60-63-17-22-79(138-95-89(115)87(113)88(114)90(139-95)94(119)120)68(53-63)56-101-80(109)23-27-100-92(117)76(104-91(116)66-24-28-106(29-25-66)82(111)15-9-10-16-83(112)107-58-67-13-6-5-11-64(67)18-19-65-12-7-8-14-77(65)107)57-102-81(110)26-30-125-33-34-127-37-38-129-41-42-131-45-46-133-49-50-135-52-51-134-48-47-132-44-43-130-40-39-128-36-35-126-32-31-124-3/h5-8,11-14,17-19,22,53-55,66,74,76,87-90,95,113-115,123H,4,9-10,15-16,20-21,23-52,56-61H2,1-3H3,(H,100,117)(H,101,109)(H,102,110)(H,104,116)(H,105,122)(H,119,120)/b19-18-/t74-,76-,87-,88-,89+,90-,95+,98-/m0/s1. The number of ether oxygens (including phenoxy) is 16. The van der Waals surface area contributed by atoms with Crippen LogP contribution in [-0.4, -0.2) is 315 Å². The minimum absolute atomic E-state index is 0.0233. The number of fused-ring (bicyclic) bond motifs is 7. The maximum Gasteiger partial charge on any atom is 0.407 e. The van der Waals surface area contributed by atoms with E-state index in [2.05, 4.69) is 26.6 Å². The molecule has 0 saturated carbocycles. The molecule has 12 rings (SSSR count). The summed E-state index contributed by atoms with van der Waals surface area (Å²) in [6, 6.07) is 20.5. The number of anilines is 1. The lowest BCUT2D eigenvalue weighted by Gasteiger charge is -2.38. The number of nitrogens with zero attached hydrogens (tertiary/aromatic N) is 4. The van der Waals surface area contributed by atoms with Crippen LogP contribution in [0.4, 0.5) is 14.9 Å². The fraction of sp³-hybridized carbons (Fsp3) is 0.561. The van der Waals surface area contributed by atoms with Crippen molar-refractivity contribution in [3.05, 3.63) is 156 Å². The molecule has 5 aliphatic heterocycles. The minimum atomic E-state index is -2.13. The zero-order valence-electron chi connectivity index (χ0n) is 78.7. The molecule has 139 heavy (non-hydrogen) atoms. The highest BCUT2D eigenvalue weighted by atomic mass is 19.1. The number of carbonyl (C=O) groups is 9. The molecule has 2 aromatic heterocycles. The second-order valence-electron chi connectivity index (χ2n) is 34.0. The van der Waals surface area contributed by atoms with Crippen molar-refractivity contribution in [2.45, 2.75) is 166 Å². The van der Waals surface area contributed by atoms with Gasteiger partial charge in [0.1, 0.15) is 49.1 Å². The predicted molar refractivity (Wildman–Crippen MR) is 496 cm³/mol. The third-order valence-corrected chi connectivity index (χ3v) is 24.7. The van der Waals surface area contributed by atoms with Crippen LogP contribution in [0, 0.1) is 18.7 Å². The Hall–Kier alpha value is -10.9. The Bertz CT molecular complexity index is 5230. The van der Waals surface area contributed by atoms with E-state index < -0.39 is 114 Å². The van der Waals surface area contributed by atoms with Gasteiger partial charge in [-0.3, -0.25) is 33.6 Å². The summed E-state index contributed by atoms with van der Waals surface area (Å²) in [5.41, 5.74) is 4.54. The first kappa shape index (κ1) is 107. The lowest BCUT2D eigenvalue weighted by molar-refractivity contribution is -0.271. The number of esters is 1. The van der Waals surface area contributed by atoms with Gasteiger partial charge in [0.15, 0.2) is 11.7 Å². The summed E-state index contributed by atoms with van der Waals surface area (Å²) >= 11 is 0. The molecule has 6 aromatic rings. The van der Waals surface area contributed by atoms with Crippen LogP contribution in [0.3, 0.4) is 0 Å². The van der Waals surface area contributed by atoms with E-state index in [0.29, 0.717) is 179 Å². The number of rotatable bonds is 58. The minimum Gasteiger partial charge on any atom is -0.479 e. The number of carboxylic acids is 1. The topological polar surface area (TPSA) is 504 Å². The van der Waals surface area contributed by atoms with E-state index in [-0.39, 0.29) is 180 Å². The van der Waals surface area contributed by atoms with Gasteiger partial charge in [-0.1, -0.05) is 67.6 Å². The molecule has 2 fully saturated rings. The summed E-state index contributed by atoms with van der Waals surface area (Å²) in [5, 5.41) is 68.0. The molecule has 0 bridgehead atoms. The average Bonchev–Trinajstić information content (AvgIpc) is 1.57. The van der Waals surface area contributed by atoms with Crippen molar-refractivity contribution in [1.29, 1.82) is 0 Å². The molecule has 8 atom stereocenters. The Kier molecular flexibility index (Phi) is 42.1. The second kappa shape index (κ2) is 54.7. The Balaban J connectivity index is 0.594. The summed E-state index contributed by atoms with van der Waals surface area (Å²) in [6.07, 6.45) is -5.21. The molecule has 0 spiro atoms. The number of hydrogen-bond donors (Lipinski definition) is 10. The number of unbranched alkanes of at least 4 members (excludes halogenated alkanes) is 1. The molecule has 758 valence electrons. The van der Waals surface area contributed by atoms with Crippen LogP contribution in [-0.2, 0) is 154 Å². The van der Waals surface area contributed by atoms with Gasteiger partial charge in [-0.15, -0.1) is 0 Å². The highest BCUT2D eigenvalue weighted by Gasteiger charge is 2.50. The number of cyclic esters (lactones) is 1. The van der Waals surface area contributed by atoms with Crippen molar-refractivity contribution < 1.29 is 149 Å². The first-order chi connectivity index (χ1) is 67.4. The number of methoxy groups -OCH3 is 1. The van der Waals surface area contributed by atoms with E-state index in [4.69, 9.17) is 80.8 Å². The summed E-state index contributed by atoms with van der Waals surface area (Å²) in [4.78, 5) is 145. The van der Waals surface area contributed by atoms with Crippen LogP contribution in [0.15, 0.2) is 83.7 Å². The van der Waals surface area contributed by atoms with E-state index in [1.165, 1.54) is 34.9 Å². The Morgan fingerprint density at radius 3 is 1.81 bits per heavy atom. The third-order valence-electron chi connectivity index (χ3n) is 24.7. The fourth-order valence-corrected chi connectivity index (χ4v) is 17.0. The summed E-state index contributed by atoms with van der Waals surface area (Å²) < 4.78 is 105. The molecule has 10 N–H and O–H groups in total. The largest absolute Gasteiger partial charge is 0.479 e. The Labute approximate surface area is 803 Å². The van der Waals surface area contributed by atoms with Gasteiger partial charge in [0.05, 0.1) is 199 Å². The number of hydrogen-bond acceptors (Lipinski definition) is 31. The SMILES string of the molecule is CC[C@@]1(O)C(=O)OCc2c1cc1n(c2=O)Cc2c-1nc1cc(F)c(C)c3c1c2[C@@H](NC(=O)OCc1ccc(O[C@@H]2O[C@H](C(=O)O)[C@@H](O)[C@H](O)[C@H]2O)c(CNC(=O)CCNC(=O)[C@H](CNC(=O)CCOCCOCCOCCOCCOCCOCCOCCOCCOCCOCCOCCOC)NC(=O)C2CCN(C(=O)CCCCC(=O)N4Cc5ccccc5/C=C\c5ccccc54)CC2)c1)CC3. The molecule has 40 nitrogen and oxygen atoms in total. The van der Waals surface area contributed by atoms with E-state index in [0.717, 1.165) is 22.4 Å². The van der Waals surface area contributed by atoms with Crippen LogP contribution >= 0.6 is 0 Å². The highest BCUT2D eigenvalue weighted by Crippen LogP contribution is 2.47. The number of amides is 7. The molecule has 7 heterocycles. The number of halogens is 1. The first-order valence-corrected chi connectivity index (χ1v) is 47.3. The van der Waals surface area contributed by atoms with Crippen molar-refractivity contribution in [3.63, 3.8) is 0 Å². The number of piperidine rings is 1. The number of aliphatic hydroxyl groups excluding tert-OH is 3. The fourth-order valence-electron chi connectivity index (χ4n) is 17.0. The quantitative estimate of drug-likeness (QED) is 0.0189. The zero-order chi connectivity index (χ0) is 98.6. The molecular formula is C98H128FN9O31. The number of pyridine rings is 2. The third kappa shape index (κ3) is 30.1. The number of aromatic nitrogens is 2. The molecule has 2 saturated heterocycles. The number of carbonyl (C=O) groups excluding carboxylic acids is 8. The number of benzene rings is 4. The molecular weight excluding hydrogens is 1820 g/mol. The Morgan fingerprint density at radius 1 is 0.619 bits per heavy atom.